The molecule has 1 fully saturated rings. The molecule has 214 valence electrons. The van der Waals surface area contributed by atoms with Gasteiger partial charge >= 0.3 is 18.2 Å². The average molecular weight is 563 g/mol. The molecule has 1 aromatic heterocycles. The molecule has 0 aliphatic heterocycles. The van der Waals surface area contributed by atoms with Crippen LogP contribution in [0.5, 0.6) is 0 Å². The number of nitrogens with zero attached hydrogens (tertiary/aromatic N) is 1. The molecule has 0 radical (unpaired) electrons. The van der Waals surface area contributed by atoms with Crippen molar-refractivity contribution in [1.29, 1.82) is 0 Å². The lowest BCUT2D eigenvalue weighted by molar-refractivity contribution is -0.144. The molecule has 2 aromatic rings. The van der Waals surface area contributed by atoms with Gasteiger partial charge in [-0.1, -0.05) is 19.3 Å². The first kappa shape index (κ1) is 31.5. The summed E-state index contributed by atoms with van der Waals surface area (Å²) in [5, 5.41) is 6.55. The molecule has 11 nitrogen and oxygen atoms in total. The summed E-state index contributed by atoms with van der Waals surface area (Å²) >= 11 is 1.62. The molecule has 0 atom stereocenters. The number of aromatic nitrogens is 1. The first-order valence-corrected chi connectivity index (χ1v) is 13.7. The summed E-state index contributed by atoms with van der Waals surface area (Å²) in [5.74, 6) is -0.525. The number of nitrogens with one attached hydrogen (secondary N) is 2. The summed E-state index contributed by atoms with van der Waals surface area (Å²) in [6.45, 7) is 7.86. The third-order valence-electron chi connectivity index (χ3n) is 5.38. The van der Waals surface area contributed by atoms with Crippen molar-refractivity contribution in [3.05, 3.63) is 29.4 Å². The molecule has 1 heterocycles. The Bertz CT molecular complexity index is 1130. The summed E-state index contributed by atoms with van der Waals surface area (Å²) < 4.78 is 14.3. The quantitative estimate of drug-likeness (QED) is 0.269. The van der Waals surface area contributed by atoms with Crippen LogP contribution in [-0.2, 0) is 23.8 Å². The first-order chi connectivity index (χ1) is 18.4. The number of amides is 3. The maximum absolute atomic E-state index is 12.3. The molecule has 1 aliphatic rings. The summed E-state index contributed by atoms with van der Waals surface area (Å²) in [7, 11) is 0. The van der Waals surface area contributed by atoms with Gasteiger partial charge in [0.05, 0.1) is 27.8 Å². The number of primary amides is 1. The largest absolute Gasteiger partial charge is 0.456 e. The number of ether oxygens (including phenoxy) is 3. The number of hydrogen-bond donors (Lipinski definition) is 3. The number of thiazole rings is 1. The monoisotopic (exact) mass is 562 g/mol. The summed E-state index contributed by atoms with van der Waals surface area (Å²) in [6, 6.07) is 5.23. The van der Waals surface area contributed by atoms with Crippen molar-refractivity contribution < 1.29 is 33.4 Å². The van der Waals surface area contributed by atoms with Crippen molar-refractivity contribution in [2.24, 2.45) is 5.73 Å². The van der Waals surface area contributed by atoms with Crippen LogP contribution in [0, 0.1) is 0 Å². The Morgan fingerprint density at radius 2 is 1.69 bits per heavy atom. The number of anilines is 2. The highest BCUT2D eigenvalue weighted by Gasteiger charge is 2.20. The number of esters is 1. The molecular weight excluding hydrogens is 524 g/mol. The van der Waals surface area contributed by atoms with Crippen molar-refractivity contribution in [2.45, 2.75) is 84.8 Å². The second-order valence-corrected chi connectivity index (χ2v) is 10.6. The minimum Gasteiger partial charge on any atom is -0.456 e. The average Bonchev–Trinajstić information content (AvgIpc) is 3.32. The molecule has 3 amide bonds. The van der Waals surface area contributed by atoms with Crippen molar-refractivity contribution in [1.82, 2.24) is 4.98 Å². The predicted molar refractivity (Wildman–Crippen MR) is 150 cm³/mol. The maximum atomic E-state index is 12.3. The van der Waals surface area contributed by atoms with E-state index in [9.17, 15) is 19.2 Å². The van der Waals surface area contributed by atoms with Gasteiger partial charge in [-0.15, -0.1) is 11.3 Å². The summed E-state index contributed by atoms with van der Waals surface area (Å²) in [4.78, 5) is 50.7. The van der Waals surface area contributed by atoms with Gasteiger partial charge in [-0.2, -0.15) is 0 Å². The highest BCUT2D eigenvalue weighted by molar-refractivity contribution is 7.15. The van der Waals surface area contributed by atoms with Gasteiger partial charge in [0.15, 0.2) is 6.61 Å². The van der Waals surface area contributed by atoms with Gasteiger partial charge in [-0.3, -0.25) is 14.9 Å². The molecule has 12 heteroatoms. The third kappa shape index (κ3) is 11.7. The number of nitrogens with two attached hydrogens (primary N) is 1. The van der Waals surface area contributed by atoms with Crippen LogP contribution in [0.4, 0.5) is 21.0 Å². The highest BCUT2D eigenvalue weighted by Crippen LogP contribution is 2.40. The minimum absolute atomic E-state index is 0.0995. The Morgan fingerprint density at radius 3 is 2.26 bits per heavy atom. The molecule has 1 aliphatic carbocycles. The molecule has 0 bridgehead atoms. The van der Waals surface area contributed by atoms with Gasteiger partial charge in [0.25, 0.3) is 5.91 Å². The van der Waals surface area contributed by atoms with Crippen molar-refractivity contribution >= 4 is 46.8 Å². The van der Waals surface area contributed by atoms with Crippen LogP contribution in [-0.4, -0.2) is 47.9 Å². The standard InChI is InChI=1S/C23H29N3O5S.C4H9NO2/c1-14(2)31-23(29)25-17-9-10-18(19(11-17)26-21(28)13-30-15(3)27)20-12-24-22(32-20)16-7-5-4-6-8-16;1-3(2)7-4(5)6/h9-12,14,16H,4-8,13H2,1-3H3,(H,25,29)(H,26,28);3H,1-2H3,(H2,5,6). The molecule has 39 heavy (non-hydrogen) atoms. The van der Waals surface area contributed by atoms with E-state index in [-0.39, 0.29) is 12.2 Å². The van der Waals surface area contributed by atoms with Crippen LogP contribution in [0.1, 0.15) is 77.6 Å². The normalized spacial score (nSPS) is 13.2. The molecular formula is C27H38N4O7S. The van der Waals surface area contributed by atoms with Crippen LogP contribution in [0.25, 0.3) is 10.4 Å². The Labute approximate surface area is 232 Å². The molecule has 0 saturated heterocycles. The van der Waals surface area contributed by atoms with Crippen LogP contribution in [0.2, 0.25) is 0 Å². The van der Waals surface area contributed by atoms with E-state index in [0.717, 1.165) is 28.3 Å². The van der Waals surface area contributed by atoms with E-state index in [1.807, 2.05) is 12.3 Å². The fourth-order valence-corrected chi connectivity index (χ4v) is 4.96. The van der Waals surface area contributed by atoms with Gasteiger partial charge in [0, 0.05) is 30.3 Å². The van der Waals surface area contributed by atoms with E-state index in [0.29, 0.717) is 17.3 Å². The van der Waals surface area contributed by atoms with Crippen molar-refractivity contribution in [3.63, 3.8) is 0 Å². The highest BCUT2D eigenvalue weighted by atomic mass is 32.1. The lowest BCUT2D eigenvalue weighted by Gasteiger charge is -2.19. The molecule has 0 spiro atoms. The Morgan fingerprint density at radius 1 is 1.03 bits per heavy atom. The van der Waals surface area contributed by atoms with Crippen LogP contribution in [0.3, 0.4) is 0 Å². The van der Waals surface area contributed by atoms with E-state index in [2.05, 4.69) is 26.1 Å². The second-order valence-electron chi connectivity index (χ2n) is 9.55. The smallest absolute Gasteiger partial charge is 0.411 e. The van der Waals surface area contributed by atoms with Gasteiger partial charge in [-0.25, -0.2) is 14.6 Å². The number of benzene rings is 1. The molecule has 1 saturated carbocycles. The SMILES string of the molecule is CC(=O)OCC(=O)Nc1cc(NC(=O)OC(C)C)ccc1-c1cnc(C2CCCCC2)s1.CC(C)OC(N)=O. The van der Waals surface area contributed by atoms with Crippen molar-refractivity contribution in [2.75, 3.05) is 17.2 Å². The number of rotatable bonds is 8. The Balaban J connectivity index is 0.000000673. The first-order valence-electron chi connectivity index (χ1n) is 12.9. The second kappa shape index (κ2) is 15.7. The molecule has 4 N–H and O–H groups in total. The van der Waals surface area contributed by atoms with E-state index >= 15 is 0 Å². The predicted octanol–water partition coefficient (Wildman–Crippen LogP) is 5.81. The van der Waals surface area contributed by atoms with E-state index in [4.69, 9.17) is 9.47 Å². The topological polar surface area (TPSA) is 159 Å². The molecule has 0 unspecified atom stereocenters. The number of hydrogen-bond acceptors (Lipinski definition) is 9. The maximum Gasteiger partial charge on any atom is 0.411 e. The fourth-order valence-electron chi connectivity index (χ4n) is 3.84. The summed E-state index contributed by atoms with van der Waals surface area (Å²) in [6.07, 6.45) is 6.21. The van der Waals surface area contributed by atoms with Gasteiger partial charge in [0.1, 0.15) is 0 Å². The minimum atomic E-state index is -0.713. The van der Waals surface area contributed by atoms with Crippen LogP contribution < -0.4 is 16.4 Å². The van der Waals surface area contributed by atoms with Crippen LogP contribution >= 0.6 is 11.3 Å². The Kier molecular flexibility index (Phi) is 12.7. The molecule has 3 rings (SSSR count). The zero-order chi connectivity index (χ0) is 28.9. The third-order valence-corrected chi connectivity index (χ3v) is 6.58. The molecule has 1 aromatic carbocycles. The number of carbonyl (C=O) groups excluding carboxylic acids is 4. The van der Waals surface area contributed by atoms with Crippen LogP contribution in [0.15, 0.2) is 24.4 Å². The van der Waals surface area contributed by atoms with E-state index in [1.54, 1.807) is 51.2 Å². The van der Waals surface area contributed by atoms with Gasteiger partial charge < -0.3 is 25.3 Å². The van der Waals surface area contributed by atoms with Crippen molar-refractivity contribution in [3.8, 4) is 10.4 Å². The van der Waals surface area contributed by atoms with E-state index in [1.165, 1.54) is 26.2 Å². The lowest BCUT2D eigenvalue weighted by Crippen LogP contribution is -2.21. The van der Waals surface area contributed by atoms with Gasteiger partial charge in [0.2, 0.25) is 0 Å². The zero-order valence-corrected chi connectivity index (χ0v) is 23.9. The van der Waals surface area contributed by atoms with E-state index < -0.39 is 30.7 Å². The Hall–Kier alpha value is -3.67. The van der Waals surface area contributed by atoms with Gasteiger partial charge in [-0.05, 0) is 58.7 Å². The lowest BCUT2D eigenvalue weighted by atomic mass is 9.90. The zero-order valence-electron chi connectivity index (χ0n) is 23.1. The summed E-state index contributed by atoms with van der Waals surface area (Å²) in [5.41, 5.74) is 6.37. The number of carbonyl (C=O) groups is 4. The fraction of sp³-hybridized carbons (Fsp3) is 0.519.